The summed E-state index contributed by atoms with van der Waals surface area (Å²) in [6.45, 7) is 0.356. The summed E-state index contributed by atoms with van der Waals surface area (Å²) in [6.07, 6.45) is -0.318. The van der Waals surface area contributed by atoms with Gasteiger partial charge in [-0.1, -0.05) is 41.9 Å². The number of amides is 2. The molecule has 0 aliphatic rings. The third kappa shape index (κ3) is 4.86. The number of carbonyl (C=O) groups is 2. The Kier molecular flexibility index (Phi) is 5.49. The standard InChI is InChI=1S/C16H14ClFN2O2/c17-13-8-12(6-7-14(13)18)20-16(22)9-15(21)19-10-11-4-2-1-3-5-11/h1-8H,9-10H2,(H,19,21)(H,20,22). The molecule has 0 saturated heterocycles. The number of carbonyl (C=O) groups excluding carboxylic acids is 2. The first-order chi connectivity index (χ1) is 10.5. The molecular formula is C16H14ClFN2O2. The van der Waals surface area contributed by atoms with Gasteiger partial charge in [-0.3, -0.25) is 9.59 Å². The summed E-state index contributed by atoms with van der Waals surface area (Å²) in [6, 6.07) is 13.2. The molecule has 0 atom stereocenters. The molecule has 114 valence electrons. The van der Waals surface area contributed by atoms with Crippen molar-refractivity contribution in [3.8, 4) is 0 Å². The maximum absolute atomic E-state index is 13.0. The van der Waals surface area contributed by atoms with Crippen LogP contribution in [0.25, 0.3) is 0 Å². The Balaban J connectivity index is 1.81. The molecule has 0 fully saturated rings. The van der Waals surface area contributed by atoms with Crippen LogP contribution in [0.1, 0.15) is 12.0 Å². The predicted molar refractivity (Wildman–Crippen MR) is 82.9 cm³/mol. The number of nitrogens with one attached hydrogen (secondary N) is 2. The van der Waals surface area contributed by atoms with E-state index in [1.807, 2.05) is 30.3 Å². The summed E-state index contributed by atoms with van der Waals surface area (Å²) in [7, 11) is 0. The largest absolute Gasteiger partial charge is 0.352 e. The Morgan fingerprint density at radius 2 is 1.77 bits per heavy atom. The van der Waals surface area contributed by atoms with Gasteiger partial charge in [-0.15, -0.1) is 0 Å². The minimum absolute atomic E-state index is 0.0914. The maximum atomic E-state index is 13.0. The van der Waals surface area contributed by atoms with Crippen molar-refractivity contribution >= 4 is 29.1 Å². The second kappa shape index (κ2) is 7.56. The average molecular weight is 321 g/mol. The van der Waals surface area contributed by atoms with E-state index in [1.54, 1.807) is 0 Å². The maximum Gasteiger partial charge on any atom is 0.233 e. The Hall–Kier alpha value is -2.40. The first-order valence-electron chi connectivity index (χ1n) is 6.60. The monoisotopic (exact) mass is 320 g/mol. The van der Waals surface area contributed by atoms with Crippen LogP contribution >= 0.6 is 11.6 Å². The van der Waals surface area contributed by atoms with Gasteiger partial charge in [-0.2, -0.15) is 0 Å². The summed E-state index contributed by atoms with van der Waals surface area (Å²) in [5.74, 6) is -1.46. The smallest absolute Gasteiger partial charge is 0.233 e. The molecule has 0 radical (unpaired) electrons. The lowest BCUT2D eigenvalue weighted by molar-refractivity contribution is -0.126. The molecule has 22 heavy (non-hydrogen) atoms. The van der Waals surface area contributed by atoms with Gasteiger partial charge in [-0.05, 0) is 23.8 Å². The minimum Gasteiger partial charge on any atom is -0.352 e. The third-order valence-electron chi connectivity index (χ3n) is 2.86. The number of rotatable bonds is 5. The highest BCUT2D eigenvalue weighted by atomic mass is 35.5. The first kappa shape index (κ1) is 16.0. The van der Waals surface area contributed by atoms with Gasteiger partial charge in [0, 0.05) is 12.2 Å². The molecule has 0 aliphatic carbocycles. The normalized spacial score (nSPS) is 10.1. The lowest BCUT2D eigenvalue weighted by Crippen LogP contribution is -2.27. The zero-order valence-electron chi connectivity index (χ0n) is 11.6. The molecule has 2 amide bonds. The van der Waals surface area contributed by atoms with E-state index in [0.29, 0.717) is 12.2 Å². The van der Waals surface area contributed by atoms with Crippen molar-refractivity contribution in [1.82, 2.24) is 5.32 Å². The van der Waals surface area contributed by atoms with Crippen LogP contribution in [0.2, 0.25) is 5.02 Å². The Bertz CT molecular complexity index is 677. The number of hydrogen-bond acceptors (Lipinski definition) is 2. The fourth-order valence-corrected chi connectivity index (χ4v) is 1.96. The van der Waals surface area contributed by atoms with E-state index in [4.69, 9.17) is 11.6 Å². The van der Waals surface area contributed by atoms with Gasteiger partial charge in [-0.25, -0.2) is 4.39 Å². The number of benzene rings is 2. The lowest BCUT2D eigenvalue weighted by atomic mass is 10.2. The van der Waals surface area contributed by atoms with Crippen molar-refractivity contribution in [2.24, 2.45) is 0 Å². The SMILES string of the molecule is O=C(CC(=O)Nc1ccc(F)c(Cl)c1)NCc1ccccc1. The predicted octanol–water partition coefficient (Wildman–Crippen LogP) is 3.12. The summed E-state index contributed by atoms with van der Waals surface area (Å²) in [5, 5.41) is 5.05. The van der Waals surface area contributed by atoms with E-state index in [9.17, 15) is 14.0 Å². The molecule has 0 heterocycles. The van der Waals surface area contributed by atoms with Crippen LogP contribution in [0.3, 0.4) is 0 Å². The van der Waals surface area contributed by atoms with Crippen molar-refractivity contribution in [1.29, 1.82) is 0 Å². The lowest BCUT2D eigenvalue weighted by Gasteiger charge is -2.07. The third-order valence-corrected chi connectivity index (χ3v) is 3.15. The minimum atomic E-state index is -0.569. The van der Waals surface area contributed by atoms with Crippen molar-refractivity contribution in [2.75, 3.05) is 5.32 Å². The van der Waals surface area contributed by atoms with Crippen molar-refractivity contribution in [3.63, 3.8) is 0 Å². The van der Waals surface area contributed by atoms with Crippen LogP contribution in [-0.4, -0.2) is 11.8 Å². The summed E-state index contributed by atoms with van der Waals surface area (Å²) < 4.78 is 13.0. The molecule has 0 bridgehead atoms. The molecule has 2 rings (SSSR count). The summed E-state index contributed by atoms with van der Waals surface area (Å²) in [5.41, 5.74) is 1.29. The number of halogens is 2. The van der Waals surface area contributed by atoms with Crippen molar-refractivity contribution < 1.29 is 14.0 Å². The Morgan fingerprint density at radius 3 is 2.45 bits per heavy atom. The second-order valence-electron chi connectivity index (χ2n) is 4.62. The van der Waals surface area contributed by atoms with E-state index in [1.165, 1.54) is 12.1 Å². The highest BCUT2D eigenvalue weighted by molar-refractivity contribution is 6.31. The Morgan fingerprint density at radius 1 is 1.05 bits per heavy atom. The van der Waals surface area contributed by atoms with Crippen LogP contribution < -0.4 is 10.6 Å². The van der Waals surface area contributed by atoms with E-state index in [0.717, 1.165) is 11.6 Å². The van der Waals surface area contributed by atoms with E-state index in [-0.39, 0.29) is 11.4 Å². The average Bonchev–Trinajstić information content (AvgIpc) is 2.50. The van der Waals surface area contributed by atoms with Gasteiger partial charge in [0.1, 0.15) is 12.2 Å². The fourth-order valence-electron chi connectivity index (χ4n) is 1.78. The zero-order valence-corrected chi connectivity index (χ0v) is 12.4. The van der Waals surface area contributed by atoms with E-state index >= 15 is 0 Å². The molecule has 2 aromatic carbocycles. The van der Waals surface area contributed by atoms with Gasteiger partial charge < -0.3 is 10.6 Å². The van der Waals surface area contributed by atoms with Crippen molar-refractivity contribution in [2.45, 2.75) is 13.0 Å². The molecule has 0 saturated carbocycles. The van der Waals surface area contributed by atoms with E-state index < -0.39 is 17.6 Å². The molecule has 4 nitrogen and oxygen atoms in total. The van der Waals surface area contributed by atoms with Gasteiger partial charge in [0.15, 0.2) is 0 Å². The molecule has 0 unspecified atom stereocenters. The van der Waals surface area contributed by atoms with Gasteiger partial charge in [0.25, 0.3) is 0 Å². The van der Waals surface area contributed by atoms with Crippen LogP contribution in [0.15, 0.2) is 48.5 Å². The highest BCUT2D eigenvalue weighted by Crippen LogP contribution is 2.19. The topological polar surface area (TPSA) is 58.2 Å². The Labute approximate surface area is 132 Å². The second-order valence-corrected chi connectivity index (χ2v) is 5.02. The van der Waals surface area contributed by atoms with Crippen LogP contribution in [-0.2, 0) is 16.1 Å². The number of anilines is 1. The van der Waals surface area contributed by atoms with Crippen molar-refractivity contribution in [3.05, 3.63) is 64.9 Å². The quantitative estimate of drug-likeness (QED) is 0.832. The van der Waals surface area contributed by atoms with Gasteiger partial charge >= 0.3 is 0 Å². The zero-order chi connectivity index (χ0) is 15.9. The van der Waals surface area contributed by atoms with Crippen LogP contribution in [0.5, 0.6) is 0 Å². The van der Waals surface area contributed by atoms with Gasteiger partial charge in [0.2, 0.25) is 11.8 Å². The van der Waals surface area contributed by atoms with Crippen LogP contribution in [0.4, 0.5) is 10.1 Å². The molecule has 0 spiro atoms. The molecule has 6 heteroatoms. The van der Waals surface area contributed by atoms with Crippen LogP contribution in [0, 0.1) is 5.82 Å². The number of hydrogen-bond donors (Lipinski definition) is 2. The molecule has 2 N–H and O–H groups in total. The molecular weight excluding hydrogens is 307 g/mol. The van der Waals surface area contributed by atoms with E-state index in [2.05, 4.69) is 10.6 Å². The first-order valence-corrected chi connectivity index (χ1v) is 6.98. The fraction of sp³-hybridized carbons (Fsp3) is 0.125. The molecule has 2 aromatic rings. The molecule has 0 aromatic heterocycles. The highest BCUT2D eigenvalue weighted by Gasteiger charge is 2.10. The van der Waals surface area contributed by atoms with Gasteiger partial charge in [0.05, 0.1) is 5.02 Å². The molecule has 0 aliphatic heterocycles. The summed E-state index contributed by atoms with van der Waals surface area (Å²) >= 11 is 5.61. The summed E-state index contributed by atoms with van der Waals surface area (Å²) in [4.78, 5) is 23.4.